The van der Waals surface area contributed by atoms with E-state index in [2.05, 4.69) is 46.4 Å². The summed E-state index contributed by atoms with van der Waals surface area (Å²) in [7, 11) is 0. The van der Waals surface area contributed by atoms with Crippen molar-refractivity contribution in [3.8, 4) is 0 Å². The molecule has 1 fully saturated rings. The molecule has 0 aromatic rings. The average molecular weight is 255 g/mol. The van der Waals surface area contributed by atoms with Gasteiger partial charge in [-0.2, -0.15) is 0 Å². The molecule has 2 unspecified atom stereocenters. The Hall–Kier alpha value is -0.110. The van der Waals surface area contributed by atoms with Gasteiger partial charge in [0.2, 0.25) is 0 Å². The van der Waals surface area contributed by atoms with Crippen molar-refractivity contribution in [1.29, 1.82) is 0 Å². The summed E-state index contributed by atoms with van der Waals surface area (Å²) in [5.74, 6) is 0.775. The number of rotatable bonds is 3. The minimum Gasteiger partial charge on any atom is -0.361 e. The van der Waals surface area contributed by atoms with E-state index in [0.717, 1.165) is 10.9 Å². The summed E-state index contributed by atoms with van der Waals surface area (Å²) in [6, 6.07) is 1.18. The van der Waals surface area contributed by atoms with Gasteiger partial charge < -0.3 is 4.90 Å². The molecule has 1 aliphatic carbocycles. The predicted molar refractivity (Wildman–Crippen MR) is 80.4 cm³/mol. The van der Waals surface area contributed by atoms with E-state index >= 15 is 0 Å². The number of thiocarbonyl (C=S) groups is 1. The van der Waals surface area contributed by atoms with Crippen molar-refractivity contribution in [2.24, 2.45) is 11.3 Å². The van der Waals surface area contributed by atoms with Crippen molar-refractivity contribution in [3.05, 3.63) is 0 Å². The van der Waals surface area contributed by atoms with Crippen LogP contribution < -0.4 is 0 Å². The van der Waals surface area contributed by atoms with Gasteiger partial charge in [-0.3, -0.25) is 0 Å². The van der Waals surface area contributed by atoms with Crippen LogP contribution in [0.5, 0.6) is 0 Å². The van der Waals surface area contributed by atoms with Crippen molar-refractivity contribution in [2.75, 3.05) is 0 Å². The molecule has 0 heterocycles. The zero-order valence-electron chi connectivity index (χ0n) is 12.4. The van der Waals surface area contributed by atoms with Crippen LogP contribution >= 0.6 is 12.2 Å². The predicted octanol–water partition coefficient (Wildman–Crippen LogP) is 4.65. The van der Waals surface area contributed by atoms with E-state index in [1.807, 2.05) is 0 Å². The molecule has 0 spiro atoms. The van der Waals surface area contributed by atoms with Crippen LogP contribution in [0.25, 0.3) is 0 Å². The molecule has 1 saturated carbocycles. The lowest BCUT2D eigenvalue weighted by Crippen LogP contribution is -2.52. The van der Waals surface area contributed by atoms with E-state index in [4.69, 9.17) is 12.2 Å². The average Bonchev–Trinajstić information content (AvgIpc) is 2.15. The number of nitrogens with zero attached hydrogens (tertiary/aromatic N) is 1. The monoisotopic (exact) mass is 255 g/mol. The second-order valence-corrected chi connectivity index (χ2v) is 7.07. The summed E-state index contributed by atoms with van der Waals surface area (Å²) >= 11 is 5.48. The Labute approximate surface area is 113 Å². The molecule has 17 heavy (non-hydrogen) atoms. The summed E-state index contributed by atoms with van der Waals surface area (Å²) in [5, 5.41) is 0. The van der Waals surface area contributed by atoms with E-state index in [1.165, 1.54) is 25.7 Å². The van der Waals surface area contributed by atoms with Gasteiger partial charge in [0, 0.05) is 12.1 Å². The van der Waals surface area contributed by atoms with Crippen molar-refractivity contribution in [2.45, 2.75) is 79.3 Å². The first-order valence-electron chi connectivity index (χ1n) is 7.10. The third-order valence-electron chi connectivity index (χ3n) is 4.51. The highest BCUT2D eigenvalue weighted by Crippen LogP contribution is 2.44. The van der Waals surface area contributed by atoms with Crippen LogP contribution in [-0.2, 0) is 0 Å². The molecule has 2 atom stereocenters. The van der Waals surface area contributed by atoms with Gasteiger partial charge in [-0.15, -0.1) is 0 Å². The molecular weight excluding hydrogens is 226 g/mol. The van der Waals surface area contributed by atoms with Gasteiger partial charge in [0.25, 0.3) is 0 Å². The third kappa shape index (κ3) is 3.21. The Balaban J connectivity index is 2.96. The summed E-state index contributed by atoms with van der Waals surface area (Å²) in [6.07, 6.45) is 5.29. The largest absolute Gasteiger partial charge is 0.361 e. The van der Waals surface area contributed by atoms with Gasteiger partial charge in [0.05, 0.1) is 4.99 Å². The molecule has 0 aliphatic heterocycles. The van der Waals surface area contributed by atoms with E-state index in [1.54, 1.807) is 0 Å². The van der Waals surface area contributed by atoms with Crippen LogP contribution in [-0.4, -0.2) is 22.0 Å². The first-order valence-corrected chi connectivity index (χ1v) is 7.51. The highest BCUT2D eigenvalue weighted by atomic mass is 32.1. The SMILES string of the molecule is CCC1C(N(C(C)=S)C(C)C)CCCC1(C)C. The van der Waals surface area contributed by atoms with Crippen molar-refractivity contribution in [3.63, 3.8) is 0 Å². The van der Waals surface area contributed by atoms with Gasteiger partial charge >= 0.3 is 0 Å². The van der Waals surface area contributed by atoms with Gasteiger partial charge in [-0.1, -0.05) is 45.8 Å². The fourth-order valence-electron chi connectivity index (χ4n) is 3.81. The quantitative estimate of drug-likeness (QED) is 0.675. The van der Waals surface area contributed by atoms with Crippen LogP contribution in [0.3, 0.4) is 0 Å². The van der Waals surface area contributed by atoms with Crippen molar-refractivity contribution < 1.29 is 0 Å². The van der Waals surface area contributed by atoms with Gasteiger partial charge in [-0.05, 0) is 44.9 Å². The summed E-state index contributed by atoms with van der Waals surface area (Å²) in [5.41, 5.74) is 0.468. The minimum absolute atomic E-state index is 0.468. The summed E-state index contributed by atoms with van der Waals surface area (Å²) in [6.45, 7) is 13.8. The highest BCUT2D eigenvalue weighted by Gasteiger charge is 2.41. The maximum atomic E-state index is 5.48. The summed E-state index contributed by atoms with van der Waals surface area (Å²) in [4.78, 5) is 3.56. The third-order valence-corrected chi connectivity index (χ3v) is 4.72. The maximum Gasteiger partial charge on any atom is 0.0752 e. The second kappa shape index (κ2) is 5.69. The van der Waals surface area contributed by atoms with Gasteiger partial charge in [0.15, 0.2) is 0 Å². The molecule has 1 nitrogen and oxygen atoms in total. The van der Waals surface area contributed by atoms with Crippen LogP contribution in [0.1, 0.15) is 67.2 Å². The Bertz CT molecular complexity index is 270. The lowest BCUT2D eigenvalue weighted by molar-refractivity contribution is 0.0409. The smallest absolute Gasteiger partial charge is 0.0752 e. The van der Waals surface area contributed by atoms with E-state index in [0.29, 0.717) is 17.5 Å². The van der Waals surface area contributed by atoms with Crippen LogP contribution in [0, 0.1) is 11.3 Å². The normalized spacial score (nSPS) is 28.2. The lowest BCUT2D eigenvalue weighted by atomic mass is 9.65. The molecular formula is C15H29NS. The molecule has 0 aromatic carbocycles. The molecule has 2 heteroatoms. The zero-order chi connectivity index (χ0) is 13.2. The fraction of sp³-hybridized carbons (Fsp3) is 0.933. The number of hydrogen-bond acceptors (Lipinski definition) is 1. The zero-order valence-corrected chi connectivity index (χ0v) is 13.2. The molecule has 0 radical (unpaired) electrons. The van der Waals surface area contributed by atoms with Gasteiger partial charge in [0.1, 0.15) is 0 Å². The topological polar surface area (TPSA) is 3.24 Å². The lowest BCUT2D eigenvalue weighted by Gasteiger charge is -2.50. The molecule has 0 amide bonds. The molecule has 100 valence electrons. The fourth-order valence-corrected chi connectivity index (χ4v) is 4.16. The maximum absolute atomic E-state index is 5.48. The van der Waals surface area contributed by atoms with Crippen LogP contribution in [0.15, 0.2) is 0 Å². The molecule has 0 bridgehead atoms. The first-order chi connectivity index (χ1) is 7.81. The Morgan fingerprint density at radius 2 is 2.00 bits per heavy atom. The number of hydrogen-bond donors (Lipinski definition) is 0. The Morgan fingerprint density at radius 3 is 2.41 bits per heavy atom. The van der Waals surface area contributed by atoms with Gasteiger partial charge in [-0.25, -0.2) is 0 Å². The van der Waals surface area contributed by atoms with Crippen molar-refractivity contribution in [1.82, 2.24) is 4.90 Å². The van der Waals surface area contributed by atoms with E-state index < -0.39 is 0 Å². The molecule has 0 saturated heterocycles. The summed E-state index contributed by atoms with van der Waals surface area (Å²) < 4.78 is 0. The molecule has 1 aliphatic rings. The van der Waals surface area contributed by atoms with Crippen LogP contribution in [0.2, 0.25) is 0 Å². The van der Waals surface area contributed by atoms with Crippen LogP contribution in [0.4, 0.5) is 0 Å². The standard InChI is InChI=1S/C15H29NS/c1-7-13-14(9-8-10-15(13,5)6)16(11(2)3)12(4)17/h11,13-14H,7-10H2,1-6H3. The Kier molecular flexibility index (Phi) is 5.00. The van der Waals surface area contributed by atoms with Crippen molar-refractivity contribution >= 4 is 17.2 Å². The minimum atomic E-state index is 0.468. The first kappa shape index (κ1) is 14.9. The van der Waals surface area contributed by atoms with E-state index in [-0.39, 0.29) is 0 Å². The molecule has 0 aromatic heterocycles. The Morgan fingerprint density at radius 1 is 1.41 bits per heavy atom. The highest BCUT2D eigenvalue weighted by molar-refractivity contribution is 7.80. The molecule has 0 N–H and O–H groups in total. The molecule has 1 rings (SSSR count). The van der Waals surface area contributed by atoms with E-state index in [9.17, 15) is 0 Å². The second-order valence-electron chi connectivity index (χ2n) is 6.48.